The van der Waals surface area contributed by atoms with Gasteiger partial charge in [-0.25, -0.2) is 13.8 Å². The number of nitrogens with zero attached hydrogens (tertiary/aromatic N) is 3. The van der Waals surface area contributed by atoms with Crippen molar-refractivity contribution in [3.63, 3.8) is 0 Å². The van der Waals surface area contributed by atoms with Crippen LogP contribution in [0, 0.1) is 5.82 Å². The van der Waals surface area contributed by atoms with E-state index in [9.17, 15) is 27.2 Å². The van der Waals surface area contributed by atoms with Gasteiger partial charge in [0.05, 0.1) is 4.47 Å². The summed E-state index contributed by atoms with van der Waals surface area (Å²) >= 11 is 2.96. The van der Waals surface area contributed by atoms with Crippen molar-refractivity contribution in [2.75, 3.05) is 10.6 Å². The van der Waals surface area contributed by atoms with E-state index in [1.54, 1.807) is 12.1 Å². The van der Waals surface area contributed by atoms with Crippen LogP contribution in [0.4, 0.5) is 29.1 Å². The Morgan fingerprint density at radius 2 is 1.82 bits per heavy atom. The van der Waals surface area contributed by atoms with Crippen molar-refractivity contribution in [2.24, 2.45) is 10.9 Å². The van der Waals surface area contributed by atoms with Crippen molar-refractivity contribution in [3.8, 4) is 0 Å². The van der Waals surface area contributed by atoms with Crippen LogP contribution in [0.3, 0.4) is 0 Å². The highest BCUT2D eigenvalue weighted by Crippen LogP contribution is 2.22. The molecule has 0 aliphatic heterocycles. The summed E-state index contributed by atoms with van der Waals surface area (Å²) in [5, 5.41) is 15.0. The van der Waals surface area contributed by atoms with E-state index in [1.165, 1.54) is 24.3 Å². The maximum absolute atomic E-state index is 13.5. The van der Waals surface area contributed by atoms with Gasteiger partial charge in [0.1, 0.15) is 5.82 Å². The molecule has 0 spiro atoms. The summed E-state index contributed by atoms with van der Waals surface area (Å²) in [6.07, 6.45) is -5.33. The minimum Gasteiger partial charge on any atom is -0.335 e. The Labute approximate surface area is 196 Å². The second kappa shape index (κ2) is 10.4. The largest absolute Gasteiger partial charge is 0.493 e. The minimum absolute atomic E-state index is 0.0110. The third-order valence-corrected chi connectivity index (χ3v) is 4.64. The van der Waals surface area contributed by atoms with Crippen molar-refractivity contribution in [1.82, 2.24) is 10.3 Å². The molecule has 0 saturated heterocycles. The summed E-state index contributed by atoms with van der Waals surface area (Å²) < 4.78 is 55.7. The lowest BCUT2D eigenvalue weighted by molar-refractivity contribution is -0.199. The highest BCUT2D eigenvalue weighted by atomic mass is 79.9. The Kier molecular flexibility index (Phi) is 7.57. The molecule has 1 aromatic heterocycles. The average molecular weight is 545 g/mol. The summed E-state index contributed by atoms with van der Waals surface area (Å²) in [7, 11) is 0. The van der Waals surface area contributed by atoms with Gasteiger partial charge in [0, 0.05) is 17.8 Å². The van der Waals surface area contributed by atoms with Crippen LogP contribution in [-0.4, -0.2) is 34.2 Å². The summed E-state index contributed by atoms with van der Waals surface area (Å²) in [5.41, 5.74) is 6.18. The van der Waals surface area contributed by atoms with Gasteiger partial charge >= 0.3 is 12.1 Å². The number of anilines is 2. The zero-order chi connectivity index (χ0) is 24.9. The highest BCUT2D eigenvalue weighted by Gasteiger charge is 2.42. The van der Waals surface area contributed by atoms with Gasteiger partial charge in [0.25, 0.3) is 5.91 Å². The molecule has 0 bridgehead atoms. The zero-order valence-electron chi connectivity index (χ0n) is 16.7. The van der Waals surface area contributed by atoms with Crippen LogP contribution in [0.5, 0.6) is 0 Å². The predicted molar refractivity (Wildman–Crippen MR) is 113 cm³/mol. The number of rotatable bonds is 6. The van der Waals surface area contributed by atoms with Gasteiger partial charge < -0.3 is 21.2 Å². The Morgan fingerprint density at radius 1 is 1.12 bits per heavy atom. The molecule has 0 fully saturated rings. The lowest BCUT2D eigenvalue weighted by Gasteiger charge is -2.10. The predicted octanol–water partition coefficient (Wildman–Crippen LogP) is 3.56. The van der Waals surface area contributed by atoms with Gasteiger partial charge in [0.15, 0.2) is 5.69 Å². The smallest absolute Gasteiger partial charge is 0.335 e. The molecule has 0 unspecified atom stereocenters. The number of nitrogens with two attached hydrogens (primary N) is 1. The molecule has 3 aromatic rings. The second-order valence-corrected chi connectivity index (χ2v) is 7.24. The van der Waals surface area contributed by atoms with Crippen LogP contribution in [0.1, 0.15) is 21.6 Å². The first-order valence-corrected chi connectivity index (χ1v) is 9.89. The number of oxime groups is 1. The van der Waals surface area contributed by atoms with E-state index in [0.717, 1.165) is 11.6 Å². The number of halogens is 5. The van der Waals surface area contributed by atoms with Crippen molar-refractivity contribution in [1.29, 1.82) is 0 Å². The molecular formula is C19H13BrF4N6O4. The van der Waals surface area contributed by atoms with Crippen LogP contribution in [0.25, 0.3) is 0 Å². The molecule has 1 amide bonds. The van der Waals surface area contributed by atoms with Crippen LogP contribution >= 0.6 is 15.9 Å². The topological polar surface area (TPSA) is 145 Å². The maximum Gasteiger partial charge on any atom is 0.493 e. The fraction of sp³-hybridized carbons (Fsp3) is 0.105. The normalized spacial score (nSPS) is 11.8. The Morgan fingerprint density at radius 3 is 2.44 bits per heavy atom. The van der Waals surface area contributed by atoms with Crippen LogP contribution < -0.4 is 16.4 Å². The molecule has 0 radical (unpaired) electrons. The van der Waals surface area contributed by atoms with Crippen LogP contribution in [0.2, 0.25) is 0 Å². The van der Waals surface area contributed by atoms with E-state index in [1.807, 2.05) is 0 Å². The highest BCUT2D eigenvalue weighted by molar-refractivity contribution is 9.10. The van der Waals surface area contributed by atoms with Crippen LogP contribution in [0.15, 0.2) is 56.7 Å². The number of carbonyl (C=O) groups excluding carboxylic acids is 2. The number of amides is 1. The van der Waals surface area contributed by atoms with E-state index in [-0.39, 0.29) is 28.1 Å². The molecule has 1 heterocycles. The van der Waals surface area contributed by atoms with E-state index in [2.05, 4.69) is 51.5 Å². The van der Waals surface area contributed by atoms with E-state index < -0.39 is 35.4 Å². The quantitative estimate of drug-likeness (QED) is 0.140. The molecule has 3 rings (SSSR count). The maximum atomic E-state index is 13.5. The average Bonchev–Trinajstić information content (AvgIpc) is 3.26. The Hall–Kier alpha value is -3.85. The van der Waals surface area contributed by atoms with Gasteiger partial charge in [-0.2, -0.15) is 13.2 Å². The molecule has 4 N–H and O–H groups in total. The molecule has 2 aromatic carbocycles. The lowest BCUT2D eigenvalue weighted by Crippen LogP contribution is -2.25. The Balaban J connectivity index is 1.91. The fourth-order valence-electron chi connectivity index (χ4n) is 2.37. The number of aromatic nitrogens is 2. The summed E-state index contributed by atoms with van der Waals surface area (Å²) in [6.45, 7) is 0.265. The first kappa shape index (κ1) is 24.8. The molecule has 15 heteroatoms. The standard InChI is InChI=1S/C19H13BrF4N6O4/c20-12-7-11(5-6-13(12)21)26-15(29-33-18(32)19(22,23)24)14-16(30-34-28-14)27-17(31)10-3-1-9(8-25)2-4-10/h1-7H,8,25H2,(H,26,29)(H,27,30,31). The minimum atomic E-state index is -5.33. The number of hydrogen-bond donors (Lipinski definition) is 3. The summed E-state index contributed by atoms with van der Waals surface area (Å²) in [5.74, 6) is -4.87. The van der Waals surface area contributed by atoms with E-state index in [0.29, 0.717) is 0 Å². The Bertz CT molecular complexity index is 1230. The van der Waals surface area contributed by atoms with Gasteiger partial charge in [-0.05, 0) is 62.1 Å². The van der Waals surface area contributed by atoms with Gasteiger partial charge in [-0.1, -0.05) is 17.3 Å². The molecule has 0 atom stereocenters. The van der Waals surface area contributed by atoms with Gasteiger partial charge in [-0.15, -0.1) is 0 Å². The summed E-state index contributed by atoms with van der Waals surface area (Å²) in [4.78, 5) is 27.6. The van der Waals surface area contributed by atoms with Crippen molar-refractivity contribution >= 4 is 45.1 Å². The molecule has 178 valence electrons. The third kappa shape index (κ3) is 6.14. The molecule has 10 nitrogen and oxygen atoms in total. The molecule has 0 aliphatic carbocycles. The fourth-order valence-corrected chi connectivity index (χ4v) is 2.75. The molecule has 34 heavy (non-hydrogen) atoms. The summed E-state index contributed by atoms with van der Waals surface area (Å²) in [6, 6.07) is 9.69. The molecule has 0 saturated carbocycles. The number of nitrogens with one attached hydrogen (secondary N) is 2. The zero-order valence-corrected chi connectivity index (χ0v) is 18.3. The lowest BCUT2D eigenvalue weighted by atomic mass is 10.1. The molecule has 0 aliphatic rings. The second-order valence-electron chi connectivity index (χ2n) is 6.39. The third-order valence-electron chi connectivity index (χ3n) is 4.03. The number of amidine groups is 1. The molecular weight excluding hydrogens is 532 g/mol. The number of carbonyl (C=O) groups is 2. The number of hydrogen-bond acceptors (Lipinski definition) is 8. The first-order valence-electron chi connectivity index (χ1n) is 9.10. The SMILES string of the molecule is NCc1ccc(C(=O)Nc2nonc2/C(=N\OC(=O)C(F)(F)F)Nc2ccc(F)c(Br)c2)cc1. The van der Waals surface area contributed by atoms with Crippen molar-refractivity contribution < 1.29 is 36.6 Å². The van der Waals surface area contributed by atoms with Crippen molar-refractivity contribution in [2.45, 2.75) is 12.7 Å². The van der Waals surface area contributed by atoms with Crippen LogP contribution in [-0.2, 0) is 16.2 Å². The number of benzene rings is 2. The van der Waals surface area contributed by atoms with E-state index in [4.69, 9.17) is 5.73 Å². The van der Waals surface area contributed by atoms with E-state index >= 15 is 0 Å². The van der Waals surface area contributed by atoms with Gasteiger partial charge in [-0.3, -0.25) is 4.79 Å². The van der Waals surface area contributed by atoms with Gasteiger partial charge in [0.2, 0.25) is 11.7 Å². The first-order chi connectivity index (χ1) is 16.1. The van der Waals surface area contributed by atoms with Crippen molar-refractivity contribution in [3.05, 3.63) is 69.6 Å². The number of alkyl halides is 3. The monoisotopic (exact) mass is 544 g/mol.